The van der Waals surface area contributed by atoms with Crippen molar-refractivity contribution >= 4 is 17.5 Å². The second kappa shape index (κ2) is 8.03. The zero-order chi connectivity index (χ0) is 16.8. The fourth-order valence-electron chi connectivity index (χ4n) is 2.17. The molecule has 0 saturated carbocycles. The zero-order valence-corrected chi connectivity index (χ0v) is 13.9. The third-order valence-corrected chi connectivity index (χ3v) is 3.43. The molecule has 2 aromatic rings. The molecule has 0 aliphatic carbocycles. The maximum atomic E-state index is 12.0. The van der Waals surface area contributed by atoms with Gasteiger partial charge in [-0.2, -0.15) is 4.80 Å². The van der Waals surface area contributed by atoms with Gasteiger partial charge < -0.3 is 10.4 Å². The molecule has 0 fully saturated rings. The van der Waals surface area contributed by atoms with Crippen LogP contribution in [0.3, 0.4) is 0 Å². The first-order valence-corrected chi connectivity index (χ1v) is 7.79. The number of rotatable bonds is 7. The molecule has 124 valence electrons. The van der Waals surface area contributed by atoms with E-state index in [0.717, 1.165) is 5.56 Å². The monoisotopic (exact) mass is 337 g/mol. The lowest BCUT2D eigenvalue weighted by Crippen LogP contribution is -2.40. The number of benzene rings is 1. The Balaban J connectivity index is 1.95. The number of carbonyl (C=O) groups excluding carboxylic acids is 1. The van der Waals surface area contributed by atoms with Crippen LogP contribution in [0.4, 0.5) is 0 Å². The summed E-state index contributed by atoms with van der Waals surface area (Å²) in [5.41, 5.74) is 0.772. The van der Waals surface area contributed by atoms with Gasteiger partial charge in [0.05, 0.1) is 12.6 Å². The molecule has 23 heavy (non-hydrogen) atoms. The molecule has 8 heteroatoms. The first-order chi connectivity index (χ1) is 11.0. The Morgan fingerprint density at radius 1 is 1.35 bits per heavy atom. The van der Waals surface area contributed by atoms with E-state index in [0.29, 0.717) is 23.2 Å². The second-order valence-electron chi connectivity index (χ2n) is 5.73. The van der Waals surface area contributed by atoms with E-state index in [-0.39, 0.29) is 25.1 Å². The fourth-order valence-corrected chi connectivity index (χ4v) is 2.30. The predicted octanol–water partition coefficient (Wildman–Crippen LogP) is 1.52. The van der Waals surface area contributed by atoms with Gasteiger partial charge in [-0.25, -0.2) is 0 Å². The Morgan fingerprint density at radius 2 is 2.04 bits per heavy atom. The molecule has 1 aromatic heterocycles. The van der Waals surface area contributed by atoms with E-state index >= 15 is 0 Å². The molecule has 2 rings (SSSR count). The van der Waals surface area contributed by atoms with Crippen LogP contribution in [-0.4, -0.2) is 43.9 Å². The summed E-state index contributed by atoms with van der Waals surface area (Å²) in [7, 11) is 0. The molecule has 1 heterocycles. The summed E-state index contributed by atoms with van der Waals surface area (Å²) in [6, 6.07) is 6.79. The van der Waals surface area contributed by atoms with E-state index in [4.69, 9.17) is 11.6 Å². The lowest BCUT2D eigenvalue weighted by atomic mass is 10.0. The van der Waals surface area contributed by atoms with Crippen LogP contribution in [0.15, 0.2) is 24.3 Å². The molecular weight excluding hydrogens is 318 g/mol. The van der Waals surface area contributed by atoms with Crippen molar-refractivity contribution in [3.05, 3.63) is 29.3 Å². The average molecular weight is 338 g/mol. The van der Waals surface area contributed by atoms with Gasteiger partial charge in [0.1, 0.15) is 6.54 Å². The van der Waals surface area contributed by atoms with E-state index in [1.165, 1.54) is 4.80 Å². The molecule has 0 radical (unpaired) electrons. The Labute approximate surface area is 139 Å². The molecule has 0 bridgehead atoms. The number of aromatic nitrogens is 4. The maximum absolute atomic E-state index is 12.0. The third kappa shape index (κ3) is 5.30. The highest BCUT2D eigenvalue weighted by molar-refractivity contribution is 6.30. The van der Waals surface area contributed by atoms with Crippen molar-refractivity contribution in [2.45, 2.75) is 32.9 Å². The molecule has 1 unspecified atom stereocenters. The van der Waals surface area contributed by atoms with E-state index < -0.39 is 0 Å². The summed E-state index contributed by atoms with van der Waals surface area (Å²) in [5.74, 6) is 0.550. The molecule has 1 aromatic carbocycles. The Bertz CT molecular complexity index is 642. The van der Waals surface area contributed by atoms with Gasteiger partial charge in [-0.1, -0.05) is 25.4 Å². The van der Waals surface area contributed by atoms with E-state index in [1.807, 2.05) is 13.8 Å². The van der Waals surface area contributed by atoms with Crippen molar-refractivity contribution in [1.82, 2.24) is 25.5 Å². The predicted molar refractivity (Wildman–Crippen MR) is 86.7 cm³/mol. The highest BCUT2D eigenvalue weighted by Gasteiger charge is 2.15. The lowest BCUT2D eigenvalue weighted by molar-refractivity contribution is -0.123. The SMILES string of the molecule is CC(C)CC(CO)NC(=O)Cn1nnc(-c2ccc(Cl)cc2)n1. The number of carbonyl (C=O) groups is 1. The van der Waals surface area contributed by atoms with Gasteiger partial charge in [-0.15, -0.1) is 10.2 Å². The van der Waals surface area contributed by atoms with Crippen LogP contribution >= 0.6 is 11.6 Å². The minimum atomic E-state index is -0.262. The first kappa shape index (κ1) is 17.4. The quantitative estimate of drug-likeness (QED) is 0.799. The van der Waals surface area contributed by atoms with Gasteiger partial charge in [0.15, 0.2) is 0 Å². The number of amides is 1. The number of aliphatic hydroxyl groups excluding tert-OH is 1. The van der Waals surface area contributed by atoms with Crippen molar-refractivity contribution in [2.24, 2.45) is 5.92 Å². The summed E-state index contributed by atoms with van der Waals surface area (Å²) in [6.07, 6.45) is 0.711. The minimum Gasteiger partial charge on any atom is -0.394 e. The Kier molecular flexibility index (Phi) is 6.06. The molecule has 1 atom stereocenters. The number of tetrazole rings is 1. The van der Waals surface area contributed by atoms with Gasteiger partial charge in [-0.05, 0) is 41.8 Å². The number of nitrogens with zero attached hydrogens (tertiary/aromatic N) is 4. The lowest BCUT2D eigenvalue weighted by Gasteiger charge is -2.17. The smallest absolute Gasteiger partial charge is 0.243 e. The number of nitrogens with one attached hydrogen (secondary N) is 1. The van der Waals surface area contributed by atoms with E-state index in [9.17, 15) is 9.90 Å². The molecule has 2 N–H and O–H groups in total. The van der Waals surface area contributed by atoms with Gasteiger partial charge in [0, 0.05) is 10.6 Å². The second-order valence-corrected chi connectivity index (χ2v) is 6.16. The van der Waals surface area contributed by atoms with Crippen molar-refractivity contribution in [2.75, 3.05) is 6.61 Å². The van der Waals surface area contributed by atoms with E-state index in [1.54, 1.807) is 24.3 Å². The Hall–Kier alpha value is -1.99. The number of hydrogen-bond acceptors (Lipinski definition) is 5. The van der Waals surface area contributed by atoms with Crippen molar-refractivity contribution in [1.29, 1.82) is 0 Å². The van der Waals surface area contributed by atoms with Crippen molar-refractivity contribution < 1.29 is 9.90 Å². The summed E-state index contributed by atoms with van der Waals surface area (Å²) >= 11 is 5.84. The highest BCUT2D eigenvalue weighted by Crippen LogP contribution is 2.16. The van der Waals surface area contributed by atoms with Gasteiger partial charge >= 0.3 is 0 Å². The summed E-state index contributed by atoms with van der Waals surface area (Å²) in [4.78, 5) is 13.2. The highest BCUT2D eigenvalue weighted by atomic mass is 35.5. The number of aliphatic hydroxyl groups is 1. The van der Waals surface area contributed by atoms with Crippen LogP contribution in [0.5, 0.6) is 0 Å². The largest absolute Gasteiger partial charge is 0.394 e. The minimum absolute atomic E-state index is 0.0464. The average Bonchev–Trinajstić information content (AvgIpc) is 2.95. The molecular formula is C15H20ClN5O2. The standard InChI is InChI=1S/C15H20ClN5O2/c1-10(2)7-13(9-22)17-14(23)8-21-19-15(18-20-21)11-3-5-12(16)6-4-11/h3-6,10,13,22H,7-9H2,1-2H3,(H,17,23). The van der Waals surface area contributed by atoms with Gasteiger partial charge in [-0.3, -0.25) is 4.79 Å². The third-order valence-electron chi connectivity index (χ3n) is 3.18. The van der Waals surface area contributed by atoms with Crippen LogP contribution in [0.2, 0.25) is 5.02 Å². The number of halogens is 1. The van der Waals surface area contributed by atoms with Crippen molar-refractivity contribution in [3.8, 4) is 11.4 Å². The molecule has 1 amide bonds. The van der Waals surface area contributed by atoms with Crippen LogP contribution in [0, 0.1) is 5.92 Å². The van der Waals surface area contributed by atoms with Gasteiger partial charge in [0.25, 0.3) is 0 Å². The summed E-state index contributed by atoms with van der Waals surface area (Å²) < 4.78 is 0. The topological polar surface area (TPSA) is 92.9 Å². The maximum Gasteiger partial charge on any atom is 0.243 e. The number of hydrogen-bond donors (Lipinski definition) is 2. The van der Waals surface area contributed by atoms with Crippen LogP contribution < -0.4 is 5.32 Å². The molecule has 0 aliphatic heterocycles. The van der Waals surface area contributed by atoms with E-state index in [2.05, 4.69) is 20.7 Å². The Morgan fingerprint density at radius 3 is 2.65 bits per heavy atom. The summed E-state index contributed by atoms with van der Waals surface area (Å²) in [6.45, 7) is 3.93. The molecule has 0 saturated heterocycles. The summed E-state index contributed by atoms with van der Waals surface area (Å²) in [5, 5.41) is 24.6. The van der Waals surface area contributed by atoms with Crippen LogP contribution in [-0.2, 0) is 11.3 Å². The normalized spacial score (nSPS) is 12.4. The molecule has 0 spiro atoms. The first-order valence-electron chi connectivity index (χ1n) is 7.42. The molecule has 7 nitrogen and oxygen atoms in total. The zero-order valence-electron chi connectivity index (χ0n) is 13.1. The molecule has 0 aliphatic rings. The fraction of sp³-hybridized carbons (Fsp3) is 0.467. The van der Waals surface area contributed by atoms with Crippen LogP contribution in [0.1, 0.15) is 20.3 Å². The van der Waals surface area contributed by atoms with Gasteiger partial charge in [0.2, 0.25) is 11.7 Å². The van der Waals surface area contributed by atoms with Crippen LogP contribution in [0.25, 0.3) is 11.4 Å². The van der Waals surface area contributed by atoms with Crippen molar-refractivity contribution in [3.63, 3.8) is 0 Å².